The Balaban J connectivity index is 1.36. The summed E-state index contributed by atoms with van der Waals surface area (Å²) in [5, 5.41) is 3.18. The molecule has 2 aliphatic rings. The Morgan fingerprint density at radius 1 is 1.10 bits per heavy atom. The van der Waals surface area contributed by atoms with E-state index in [0.29, 0.717) is 23.8 Å². The molecule has 0 bridgehead atoms. The maximum absolute atomic E-state index is 12.8. The van der Waals surface area contributed by atoms with E-state index in [1.165, 1.54) is 0 Å². The molecule has 29 heavy (non-hydrogen) atoms. The Morgan fingerprint density at radius 3 is 2.72 bits per heavy atom. The quantitative estimate of drug-likeness (QED) is 0.811. The first-order valence-corrected chi connectivity index (χ1v) is 10.2. The Labute approximate surface area is 174 Å². The fourth-order valence-corrected chi connectivity index (χ4v) is 4.07. The first kappa shape index (κ1) is 19.6. The zero-order chi connectivity index (χ0) is 20.2. The van der Waals surface area contributed by atoms with Gasteiger partial charge in [0.25, 0.3) is 5.91 Å². The van der Waals surface area contributed by atoms with Crippen LogP contribution >= 0.6 is 11.6 Å². The molecule has 0 aromatic heterocycles. The molecule has 0 saturated carbocycles. The highest BCUT2D eigenvalue weighted by atomic mass is 35.5. The third kappa shape index (κ3) is 4.32. The predicted octanol–water partition coefficient (Wildman–Crippen LogP) is 3.59. The number of fused-ring (bicyclic) bond motifs is 1. The lowest BCUT2D eigenvalue weighted by Crippen LogP contribution is -2.34. The zero-order valence-corrected chi connectivity index (χ0v) is 16.8. The monoisotopic (exact) mass is 414 g/mol. The van der Waals surface area contributed by atoms with Crippen LogP contribution < -0.4 is 14.8 Å². The number of halogens is 1. The van der Waals surface area contributed by atoms with Crippen LogP contribution in [-0.4, -0.2) is 43.0 Å². The van der Waals surface area contributed by atoms with Crippen LogP contribution in [0.2, 0.25) is 5.02 Å². The van der Waals surface area contributed by atoms with Crippen molar-refractivity contribution in [2.75, 3.05) is 26.3 Å². The molecule has 1 atom stereocenters. The number of hydrogen-bond donors (Lipinski definition) is 1. The minimum absolute atomic E-state index is 0.0256. The second-order valence-corrected chi connectivity index (χ2v) is 7.54. The highest BCUT2D eigenvalue weighted by Gasteiger charge is 2.30. The SMILES string of the molecule is O=C(NCCC(=O)N1CCCC1c1ccc2c(c1)OCCO2)c1ccccc1Cl. The molecule has 0 radical (unpaired) electrons. The van der Waals surface area contributed by atoms with Gasteiger partial charge in [-0.1, -0.05) is 29.8 Å². The molecule has 2 amide bonds. The Morgan fingerprint density at radius 2 is 1.90 bits per heavy atom. The van der Waals surface area contributed by atoms with Crippen molar-refractivity contribution in [1.82, 2.24) is 10.2 Å². The van der Waals surface area contributed by atoms with Gasteiger partial charge in [0.1, 0.15) is 13.2 Å². The van der Waals surface area contributed by atoms with E-state index in [-0.39, 0.29) is 30.8 Å². The first-order chi connectivity index (χ1) is 14.1. The zero-order valence-electron chi connectivity index (χ0n) is 16.0. The number of amides is 2. The lowest BCUT2D eigenvalue weighted by Gasteiger charge is -2.27. The summed E-state index contributed by atoms with van der Waals surface area (Å²) in [6, 6.07) is 12.8. The molecular formula is C22H23ClN2O4. The van der Waals surface area contributed by atoms with Gasteiger partial charge in [-0.25, -0.2) is 0 Å². The molecular weight excluding hydrogens is 392 g/mol. The number of likely N-dealkylation sites (tertiary alicyclic amines) is 1. The predicted molar refractivity (Wildman–Crippen MR) is 110 cm³/mol. The minimum Gasteiger partial charge on any atom is -0.486 e. The summed E-state index contributed by atoms with van der Waals surface area (Å²) in [4.78, 5) is 26.9. The number of benzene rings is 2. The van der Waals surface area contributed by atoms with Crippen LogP contribution in [0.1, 0.15) is 41.2 Å². The topological polar surface area (TPSA) is 67.9 Å². The van der Waals surface area contributed by atoms with Gasteiger partial charge in [0.15, 0.2) is 11.5 Å². The molecule has 0 spiro atoms. The standard InChI is InChI=1S/C22H23ClN2O4/c23-17-5-2-1-4-16(17)22(27)24-10-9-21(26)25-11-3-6-18(25)15-7-8-19-20(14-15)29-13-12-28-19/h1-2,4-5,7-8,14,18H,3,6,9-13H2,(H,24,27). The molecule has 1 saturated heterocycles. The molecule has 0 aliphatic carbocycles. The molecule has 2 aromatic carbocycles. The summed E-state index contributed by atoms with van der Waals surface area (Å²) in [6.45, 7) is 2.08. The van der Waals surface area contributed by atoms with E-state index in [4.69, 9.17) is 21.1 Å². The summed E-state index contributed by atoms with van der Waals surface area (Å²) in [7, 11) is 0. The van der Waals surface area contributed by atoms with E-state index in [2.05, 4.69) is 5.32 Å². The van der Waals surface area contributed by atoms with Crippen molar-refractivity contribution >= 4 is 23.4 Å². The largest absolute Gasteiger partial charge is 0.486 e. The number of rotatable bonds is 5. The van der Waals surface area contributed by atoms with Crippen molar-refractivity contribution in [1.29, 1.82) is 0 Å². The van der Waals surface area contributed by atoms with E-state index in [0.717, 1.165) is 36.4 Å². The fraction of sp³-hybridized carbons (Fsp3) is 0.364. The van der Waals surface area contributed by atoms with Crippen molar-refractivity contribution in [2.24, 2.45) is 0 Å². The van der Waals surface area contributed by atoms with Crippen molar-refractivity contribution in [3.05, 3.63) is 58.6 Å². The van der Waals surface area contributed by atoms with Gasteiger partial charge in [-0.05, 0) is 42.7 Å². The van der Waals surface area contributed by atoms with Gasteiger partial charge in [-0.3, -0.25) is 9.59 Å². The van der Waals surface area contributed by atoms with Crippen molar-refractivity contribution in [3.8, 4) is 11.5 Å². The third-order valence-electron chi connectivity index (χ3n) is 5.27. The van der Waals surface area contributed by atoms with E-state index < -0.39 is 0 Å². The van der Waals surface area contributed by atoms with Gasteiger partial charge in [-0.15, -0.1) is 0 Å². The van der Waals surface area contributed by atoms with Crippen molar-refractivity contribution < 1.29 is 19.1 Å². The number of ether oxygens (including phenoxy) is 2. The smallest absolute Gasteiger partial charge is 0.252 e. The lowest BCUT2D eigenvalue weighted by atomic mass is 10.0. The summed E-state index contributed by atoms with van der Waals surface area (Å²) >= 11 is 6.05. The van der Waals surface area contributed by atoms with Crippen LogP contribution in [0.15, 0.2) is 42.5 Å². The van der Waals surface area contributed by atoms with Crippen LogP contribution in [0.3, 0.4) is 0 Å². The summed E-state index contributed by atoms with van der Waals surface area (Å²) < 4.78 is 11.3. The van der Waals surface area contributed by atoms with Crippen LogP contribution in [0.4, 0.5) is 0 Å². The van der Waals surface area contributed by atoms with E-state index in [1.807, 2.05) is 23.1 Å². The van der Waals surface area contributed by atoms with Crippen LogP contribution in [0.25, 0.3) is 0 Å². The van der Waals surface area contributed by atoms with Gasteiger partial charge in [-0.2, -0.15) is 0 Å². The number of carbonyl (C=O) groups is 2. The molecule has 152 valence electrons. The number of carbonyl (C=O) groups excluding carboxylic acids is 2. The molecule has 1 fully saturated rings. The number of hydrogen-bond acceptors (Lipinski definition) is 4. The van der Waals surface area contributed by atoms with Gasteiger partial charge >= 0.3 is 0 Å². The van der Waals surface area contributed by atoms with Gasteiger partial charge < -0.3 is 19.7 Å². The summed E-state index contributed by atoms with van der Waals surface area (Å²) in [5.74, 6) is 1.24. The van der Waals surface area contributed by atoms with Crippen LogP contribution in [-0.2, 0) is 4.79 Å². The molecule has 1 unspecified atom stereocenters. The highest BCUT2D eigenvalue weighted by molar-refractivity contribution is 6.33. The van der Waals surface area contributed by atoms with E-state index >= 15 is 0 Å². The summed E-state index contributed by atoms with van der Waals surface area (Å²) in [5.41, 5.74) is 1.47. The maximum Gasteiger partial charge on any atom is 0.252 e. The molecule has 2 aromatic rings. The second-order valence-electron chi connectivity index (χ2n) is 7.13. The minimum atomic E-state index is -0.270. The van der Waals surface area contributed by atoms with Crippen molar-refractivity contribution in [3.63, 3.8) is 0 Å². The number of nitrogens with zero attached hydrogens (tertiary/aromatic N) is 1. The van der Waals surface area contributed by atoms with Gasteiger partial charge in [0.2, 0.25) is 5.91 Å². The highest BCUT2D eigenvalue weighted by Crippen LogP contribution is 2.38. The van der Waals surface area contributed by atoms with Gasteiger partial charge in [0, 0.05) is 19.5 Å². The Bertz CT molecular complexity index is 917. The molecule has 4 rings (SSSR count). The fourth-order valence-electron chi connectivity index (χ4n) is 3.85. The molecule has 7 heteroatoms. The summed E-state index contributed by atoms with van der Waals surface area (Å²) in [6.07, 6.45) is 2.12. The molecule has 6 nitrogen and oxygen atoms in total. The van der Waals surface area contributed by atoms with Crippen molar-refractivity contribution in [2.45, 2.75) is 25.3 Å². The Hall–Kier alpha value is -2.73. The van der Waals surface area contributed by atoms with Crippen LogP contribution in [0.5, 0.6) is 11.5 Å². The normalized spacial score (nSPS) is 17.8. The average Bonchev–Trinajstić information content (AvgIpc) is 3.23. The van der Waals surface area contributed by atoms with Crippen LogP contribution in [0, 0.1) is 0 Å². The Kier molecular flexibility index (Phi) is 5.90. The number of nitrogens with one attached hydrogen (secondary N) is 1. The second kappa shape index (κ2) is 8.74. The van der Waals surface area contributed by atoms with E-state index in [9.17, 15) is 9.59 Å². The maximum atomic E-state index is 12.8. The van der Waals surface area contributed by atoms with Gasteiger partial charge in [0.05, 0.1) is 16.6 Å². The first-order valence-electron chi connectivity index (χ1n) is 9.85. The lowest BCUT2D eigenvalue weighted by molar-refractivity contribution is -0.132. The molecule has 2 heterocycles. The average molecular weight is 415 g/mol. The third-order valence-corrected chi connectivity index (χ3v) is 5.60. The molecule has 1 N–H and O–H groups in total. The van der Waals surface area contributed by atoms with E-state index in [1.54, 1.807) is 24.3 Å². The molecule has 2 aliphatic heterocycles.